The summed E-state index contributed by atoms with van der Waals surface area (Å²) in [4.78, 5) is 32.6. The summed E-state index contributed by atoms with van der Waals surface area (Å²) in [5, 5.41) is 11.8. The molecule has 0 aliphatic carbocycles. The molecule has 0 radical (unpaired) electrons. The van der Waals surface area contributed by atoms with Gasteiger partial charge in [0, 0.05) is 25.2 Å². The van der Waals surface area contributed by atoms with Crippen LogP contribution < -0.4 is 5.32 Å². The summed E-state index contributed by atoms with van der Waals surface area (Å²) in [6.07, 6.45) is 3.53. The van der Waals surface area contributed by atoms with Gasteiger partial charge in [-0.05, 0) is 26.3 Å². The van der Waals surface area contributed by atoms with Crippen LogP contribution in [-0.4, -0.2) is 44.9 Å². The van der Waals surface area contributed by atoms with E-state index in [4.69, 9.17) is 5.11 Å². The van der Waals surface area contributed by atoms with Crippen LogP contribution in [-0.2, 0) is 16.1 Å². The summed E-state index contributed by atoms with van der Waals surface area (Å²) in [5.41, 5.74) is 1.67. The molecule has 1 fully saturated rings. The molecule has 21 heavy (non-hydrogen) atoms. The molecule has 2 N–H and O–H groups in total. The molecule has 0 spiro atoms. The molecule has 1 amide bonds. The van der Waals surface area contributed by atoms with Crippen LogP contribution in [0.3, 0.4) is 0 Å². The van der Waals surface area contributed by atoms with Crippen molar-refractivity contribution in [2.45, 2.75) is 39.3 Å². The minimum absolute atomic E-state index is 0.00724. The monoisotopic (exact) mass is 292 g/mol. The average Bonchev–Trinajstić information content (AvgIpc) is 2.84. The Morgan fingerprint density at radius 1 is 1.52 bits per heavy atom. The maximum absolute atomic E-state index is 11.1. The van der Waals surface area contributed by atoms with Crippen molar-refractivity contribution in [1.29, 1.82) is 0 Å². The Morgan fingerprint density at radius 2 is 2.29 bits per heavy atom. The van der Waals surface area contributed by atoms with E-state index in [2.05, 4.69) is 15.3 Å². The van der Waals surface area contributed by atoms with Crippen LogP contribution in [0.4, 0.5) is 0 Å². The first kappa shape index (κ1) is 15.4. The molecule has 7 nitrogen and oxygen atoms in total. The van der Waals surface area contributed by atoms with Crippen LogP contribution >= 0.6 is 0 Å². The molecule has 0 unspecified atom stereocenters. The number of carboxylic acid groups (broad SMARTS) is 1. The molecular formula is C14H20N4O3. The Balaban J connectivity index is 2.25. The SMILES string of the molecule is CC(=O)NCc1cnc(C)nc1[C@@H]1CCCN1CC(=O)O. The maximum atomic E-state index is 11.1. The van der Waals surface area contributed by atoms with Gasteiger partial charge >= 0.3 is 5.97 Å². The standard InChI is InChI=1S/C14H20N4O3/c1-9-15-6-11(7-16-10(2)19)14(17-9)12-4-3-5-18(12)8-13(20)21/h6,12H,3-5,7-8H2,1-2H3,(H,16,19)(H,20,21)/t12-/m0/s1. The van der Waals surface area contributed by atoms with E-state index in [9.17, 15) is 9.59 Å². The zero-order valence-electron chi connectivity index (χ0n) is 12.3. The predicted octanol–water partition coefficient (Wildman–Crippen LogP) is 0.643. The van der Waals surface area contributed by atoms with E-state index in [1.165, 1.54) is 6.92 Å². The zero-order chi connectivity index (χ0) is 15.4. The first-order valence-electron chi connectivity index (χ1n) is 7.00. The van der Waals surface area contributed by atoms with Crippen molar-refractivity contribution in [2.24, 2.45) is 0 Å². The minimum Gasteiger partial charge on any atom is -0.480 e. The second kappa shape index (κ2) is 6.62. The summed E-state index contributed by atoms with van der Waals surface area (Å²) in [6, 6.07) is -0.0217. The van der Waals surface area contributed by atoms with Gasteiger partial charge in [-0.25, -0.2) is 9.97 Å². The third-order valence-corrected chi connectivity index (χ3v) is 3.56. The molecule has 0 aromatic carbocycles. The first-order valence-corrected chi connectivity index (χ1v) is 7.00. The average molecular weight is 292 g/mol. The second-order valence-corrected chi connectivity index (χ2v) is 5.26. The molecule has 0 bridgehead atoms. The molecule has 1 aliphatic rings. The highest BCUT2D eigenvalue weighted by molar-refractivity contribution is 5.72. The smallest absolute Gasteiger partial charge is 0.317 e. The van der Waals surface area contributed by atoms with Gasteiger partial charge in [0.05, 0.1) is 18.3 Å². The van der Waals surface area contributed by atoms with Crippen LogP contribution in [0.25, 0.3) is 0 Å². The fourth-order valence-corrected chi connectivity index (χ4v) is 2.66. The van der Waals surface area contributed by atoms with E-state index < -0.39 is 5.97 Å². The Bertz CT molecular complexity index is 547. The van der Waals surface area contributed by atoms with Gasteiger partial charge in [0.25, 0.3) is 0 Å². The van der Waals surface area contributed by atoms with Gasteiger partial charge in [0.15, 0.2) is 0 Å². The maximum Gasteiger partial charge on any atom is 0.317 e. The van der Waals surface area contributed by atoms with Gasteiger partial charge in [-0.3, -0.25) is 14.5 Å². The van der Waals surface area contributed by atoms with E-state index in [-0.39, 0.29) is 18.5 Å². The molecule has 2 heterocycles. The molecule has 1 atom stereocenters. The van der Waals surface area contributed by atoms with E-state index in [1.54, 1.807) is 6.20 Å². The van der Waals surface area contributed by atoms with Crippen molar-refractivity contribution in [3.63, 3.8) is 0 Å². The molecular weight excluding hydrogens is 272 g/mol. The predicted molar refractivity (Wildman–Crippen MR) is 75.5 cm³/mol. The van der Waals surface area contributed by atoms with Crippen molar-refractivity contribution in [3.05, 3.63) is 23.3 Å². The fourth-order valence-electron chi connectivity index (χ4n) is 2.66. The third kappa shape index (κ3) is 3.98. The highest BCUT2D eigenvalue weighted by Crippen LogP contribution is 2.32. The van der Waals surface area contributed by atoms with E-state index in [1.807, 2.05) is 11.8 Å². The van der Waals surface area contributed by atoms with Gasteiger partial charge < -0.3 is 10.4 Å². The zero-order valence-corrected chi connectivity index (χ0v) is 12.3. The normalized spacial score (nSPS) is 18.7. The van der Waals surface area contributed by atoms with Crippen LogP contribution in [0.2, 0.25) is 0 Å². The highest BCUT2D eigenvalue weighted by atomic mass is 16.4. The first-order chi connectivity index (χ1) is 9.97. The second-order valence-electron chi connectivity index (χ2n) is 5.26. The number of carbonyl (C=O) groups is 2. The molecule has 1 aromatic heterocycles. The number of nitrogens with zero attached hydrogens (tertiary/aromatic N) is 3. The fraction of sp³-hybridized carbons (Fsp3) is 0.571. The van der Waals surface area contributed by atoms with Crippen molar-refractivity contribution in [1.82, 2.24) is 20.2 Å². The minimum atomic E-state index is -0.837. The molecule has 0 saturated carbocycles. The lowest BCUT2D eigenvalue weighted by Crippen LogP contribution is -2.31. The van der Waals surface area contributed by atoms with Crippen molar-refractivity contribution < 1.29 is 14.7 Å². The molecule has 114 valence electrons. The van der Waals surface area contributed by atoms with Crippen LogP contribution in [0.5, 0.6) is 0 Å². The highest BCUT2D eigenvalue weighted by Gasteiger charge is 2.30. The lowest BCUT2D eigenvalue weighted by atomic mass is 10.1. The van der Waals surface area contributed by atoms with Crippen LogP contribution in [0.15, 0.2) is 6.20 Å². The van der Waals surface area contributed by atoms with E-state index >= 15 is 0 Å². The topological polar surface area (TPSA) is 95.4 Å². The number of hydrogen-bond acceptors (Lipinski definition) is 5. The molecule has 2 rings (SSSR count). The molecule has 1 saturated heterocycles. The number of nitrogens with one attached hydrogen (secondary N) is 1. The number of amides is 1. The lowest BCUT2D eigenvalue weighted by molar-refractivity contribution is -0.138. The van der Waals surface area contributed by atoms with Gasteiger partial charge in [-0.15, -0.1) is 0 Å². The number of aromatic nitrogens is 2. The number of carboxylic acids is 1. The lowest BCUT2D eigenvalue weighted by Gasteiger charge is -2.24. The number of likely N-dealkylation sites (tertiary alicyclic amines) is 1. The van der Waals surface area contributed by atoms with E-state index in [0.717, 1.165) is 30.6 Å². The van der Waals surface area contributed by atoms with Gasteiger partial charge in [-0.1, -0.05) is 0 Å². The van der Waals surface area contributed by atoms with Gasteiger partial charge in [0.2, 0.25) is 5.91 Å². The van der Waals surface area contributed by atoms with Gasteiger partial charge in [0.1, 0.15) is 5.82 Å². The molecule has 7 heteroatoms. The third-order valence-electron chi connectivity index (χ3n) is 3.56. The largest absolute Gasteiger partial charge is 0.480 e. The number of carbonyl (C=O) groups excluding carboxylic acids is 1. The molecule has 1 aromatic rings. The van der Waals surface area contributed by atoms with Crippen LogP contribution in [0, 0.1) is 6.92 Å². The van der Waals surface area contributed by atoms with Crippen molar-refractivity contribution in [2.75, 3.05) is 13.1 Å². The number of aliphatic carboxylic acids is 1. The Hall–Kier alpha value is -2.02. The quantitative estimate of drug-likeness (QED) is 0.827. The number of hydrogen-bond donors (Lipinski definition) is 2. The van der Waals surface area contributed by atoms with Gasteiger partial charge in [-0.2, -0.15) is 0 Å². The summed E-state index contributed by atoms with van der Waals surface area (Å²) >= 11 is 0. The summed E-state index contributed by atoms with van der Waals surface area (Å²) in [6.45, 7) is 4.39. The van der Waals surface area contributed by atoms with Crippen molar-refractivity contribution >= 4 is 11.9 Å². The number of rotatable bonds is 5. The Kier molecular flexibility index (Phi) is 4.85. The summed E-state index contributed by atoms with van der Waals surface area (Å²) in [7, 11) is 0. The summed E-state index contributed by atoms with van der Waals surface area (Å²) < 4.78 is 0. The molecule has 1 aliphatic heterocycles. The van der Waals surface area contributed by atoms with Crippen LogP contribution in [0.1, 0.15) is 42.9 Å². The Labute approximate surface area is 123 Å². The number of aryl methyl sites for hydroxylation is 1. The van der Waals surface area contributed by atoms with Crippen molar-refractivity contribution in [3.8, 4) is 0 Å². The van der Waals surface area contributed by atoms with E-state index in [0.29, 0.717) is 12.4 Å². The summed E-state index contributed by atoms with van der Waals surface area (Å²) in [5.74, 6) is -0.301. The Morgan fingerprint density at radius 3 is 2.95 bits per heavy atom.